The molecule has 2 rings (SSSR count). The highest BCUT2D eigenvalue weighted by Crippen LogP contribution is 2.30. The van der Waals surface area contributed by atoms with Crippen LogP contribution in [0.15, 0.2) is 18.2 Å². The van der Waals surface area contributed by atoms with Gasteiger partial charge in [0.25, 0.3) is 5.91 Å². The second kappa shape index (κ2) is 6.87. The summed E-state index contributed by atoms with van der Waals surface area (Å²) in [6.45, 7) is 2.08. The third-order valence-electron chi connectivity index (χ3n) is 3.70. The molecule has 1 aromatic carbocycles. The lowest BCUT2D eigenvalue weighted by molar-refractivity contribution is -0.385. The van der Waals surface area contributed by atoms with Crippen LogP contribution < -0.4 is 5.32 Å². The Hall–Kier alpha value is -1.66. The van der Waals surface area contributed by atoms with Crippen molar-refractivity contribution >= 4 is 23.2 Å². The van der Waals surface area contributed by atoms with Gasteiger partial charge >= 0.3 is 5.69 Å². The van der Waals surface area contributed by atoms with Gasteiger partial charge in [-0.15, -0.1) is 0 Å². The Morgan fingerprint density at radius 3 is 3.00 bits per heavy atom. The van der Waals surface area contributed by atoms with Crippen LogP contribution in [-0.2, 0) is 0 Å². The number of nitrogens with one attached hydrogen (secondary N) is 1. The molecule has 0 aromatic heterocycles. The van der Waals surface area contributed by atoms with Crippen molar-refractivity contribution in [2.45, 2.75) is 12.8 Å². The predicted molar refractivity (Wildman–Crippen MR) is 80.7 cm³/mol. The van der Waals surface area contributed by atoms with Crippen molar-refractivity contribution in [2.75, 3.05) is 26.7 Å². The molecule has 0 saturated carbocycles. The first-order chi connectivity index (χ1) is 10.0. The van der Waals surface area contributed by atoms with E-state index in [-0.39, 0.29) is 22.2 Å². The molecular formula is C14H18ClN3O3. The molecule has 1 N–H and O–H groups in total. The number of nitrogens with zero attached hydrogens (tertiary/aromatic N) is 2. The molecule has 1 amide bonds. The van der Waals surface area contributed by atoms with E-state index in [0.717, 1.165) is 19.4 Å². The predicted octanol–water partition coefficient (Wildman–Crippen LogP) is 2.32. The summed E-state index contributed by atoms with van der Waals surface area (Å²) in [5.41, 5.74) is -0.238. The molecule has 1 fully saturated rings. The van der Waals surface area contributed by atoms with Crippen molar-refractivity contribution in [2.24, 2.45) is 5.92 Å². The smallest absolute Gasteiger partial charge is 0.300 e. The summed E-state index contributed by atoms with van der Waals surface area (Å²) in [6, 6.07) is 4.46. The number of rotatable bonds is 4. The van der Waals surface area contributed by atoms with Gasteiger partial charge in [0.2, 0.25) is 0 Å². The first kappa shape index (κ1) is 15.7. The van der Waals surface area contributed by atoms with E-state index < -0.39 is 4.92 Å². The molecule has 1 saturated heterocycles. The molecule has 6 nitrogen and oxygen atoms in total. The number of halogens is 1. The number of para-hydroxylation sites is 1. The van der Waals surface area contributed by atoms with Gasteiger partial charge < -0.3 is 10.2 Å². The highest BCUT2D eigenvalue weighted by molar-refractivity contribution is 6.33. The van der Waals surface area contributed by atoms with Gasteiger partial charge in [-0.25, -0.2) is 0 Å². The molecule has 1 unspecified atom stereocenters. The Labute approximate surface area is 128 Å². The summed E-state index contributed by atoms with van der Waals surface area (Å²) in [7, 11) is 1.88. The van der Waals surface area contributed by atoms with Crippen LogP contribution in [0, 0.1) is 16.0 Å². The van der Waals surface area contributed by atoms with E-state index in [1.54, 1.807) is 11.0 Å². The van der Waals surface area contributed by atoms with E-state index in [4.69, 9.17) is 11.6 Å². The van der Waals surface area contributed by atoms with Crippen LogP contribution >= 0.6 is 11.6 Å². The van der Waals surface area contributed by atoms with Crippen LogP contribution in [0.4, 0.5) is 5.69 Å². The molecule has 7 heteroatoms. The van der Waals surface area contributed by atoms with Gasteiger partial charge in [0.15, 0.2) is 0 Å². The largest absolute Gasteiger partial charge is 0.338 e. The van der Waals surface area contributed by atoms with Crippen molar-refractivity contribution in [3.63, 3.8) is 0 Å². The Kier molecular flexibility index (Phi) is 5.14. The summed E-state index contributed by atoms with van der Waals surface area (Å²) in [5.74, 6) is 0.0657. The Morgan fingerprint density at radius 2 is 2.33 bits per heavy atom. The number of hydrogen-bond acceptors (Lipinski definition) is 4. The van der Waals surface area contributed by atoms with Crippen LogP contribution in [0.2, 0.25) is 5.02 Å². The summed E-state index contributed by atoms with van der Waals surface area (Å²) in [4.78, 5) is 24.8. The summed E-state index contributed by atoms with van der Waals surface area (Å²) in [6.07, 6.45) is 1.97. The summed E-state index contributed by atoms with van der Waals surface area (Å²) in [5, 5.41) is 14.2. The first-order valence-electron chi connectivity index (χ1n) is 6.91. The molecule has 0 bridgehead atoms. The van der Waals surface area contributed by atoms with E-state index in [9.17, 15) is 14.9 Å². The second-order valence-corrected chi connectivity index (χ2v) is 5.62. The molecule has 0 spiro atoms. The molecule has 114 valence electrons. The van der Waals surface area contributed by atoms with Crippen LogP contribution in [0.5, 0.6) is 0 Å². The minimum atomic E-state index is -0.593. The maximum Gasteiger partial charge on any atom is 0.300 e. The molecule has 21 heavy (non-hydrogen) atoms. The number of nitro groups is 1. The fourth-order valence-electron chi connectivity index (χ4n) is 2.75. The first-order valence-corrected chi connectivity index (χ1v) is 7.29. The molecule has 1 atom stereocenters. The third-order valence-corrected chi connectivity index (χ3v) is 4.00. The lowest BCUT2D eigenvalue weighted by Crippen LogP contribution is -2.42. The Balaban J connectivity index is 2.24. The highest BCUT2D eigenvalue weighted by atomic mass is 35.5. The minimum absolute atomic E-state index is 0.00497. The zero-order valence-corrected chi connectivity index (χ0v) is 12.6. The molecule has 1 aromatic rings. The average Bonchev–Trinajstić information content (AvgIpc) is 2.46. The zero-order chi connectivity index (χ0) is 15.4. The summed E-state index contributed by atoms with van der Waals surface area (Å²) < 4.78 is 0. The molecule has 1 heterocycles. The number of amides is 1. The van der Waals surface area contributed by atoms with Gasteiger partial charge in [-0.3, -0.25) is 14.9 Å². The lowest BCUT2D eigenvalue weighted by Gasteiger charge is -2.32. The summed E-state index contributed by atoms with van der Waals surface area (Å²) >= 11 is 5.86. The number of carbonyl (C=O) groups is 1. The SMILES string of the molecule is CNCC1CCCN(C(=O)c2cccc(Cl)c2[N+](=O)[O-])C1. The average molecular weight is 312 g/mol. The quantitative estimate of drug-likeness (QED) is 0.684. The third kappa shape index (κ3) is 3.51. The molecule has 0 aliphatic carbocycles. The van der Waals surface area contributed by atoms with Gasteiger partial charge in [-0.2, -0.15) is 0 Å². The van der Waals surface area contributed by atoms with Gasteiger partial charge in [-0.1, -0.05) is 17.7 Å². The minimum Gasteiger partial charge on any atom is -0.338 e. The van der Waals surface area contributed by atoms with Crippen molar-refractivity contribution in [3.8, 4) is 0 Å². The van der Waals surface area contributed by atoms with Crippen molar-refractivity contribution in [3.05, 3.63) is 38.9 Å². The number of benzene rings is 1. The van der Waals surface area contributed by atoms with Crippen molar-refractivity contribution in [1.82, 2.24) is 10.2 Å². The normalized spacial score (nSPS) is 18.6. The van der Waals surface area contributed by atoms with E-state index in [2.05, 4.69) is 5.32 Å². The maximum atomic E-state index is 12.6. The van der Waals surface area contributed by atoms with Crippen LogP contribution in [0.3, 0.4) is 0 Å². The van der Waals surface area contributed by atoms with Gasteiger partial charge in [-0.05, 0) is 44.5 Å². The standard InChI is InChI=1S/C14H18ClN3O3/c1-16-8-10-4-3-7-17(9-10)14(19)11-5-2-6-12(15)13(11)18(20)21/h2,5-6,10,16H,3-4,7-9H2,1H3. The second-order valence-electron chi connectivity index (χ2n) is 5.21. The van der Waals surface area contributed by atoms with Crippen molar-refractivity contribution < 1.29 is 9.72 Å². The number of carbonyl (C=O) groups excluding carboxylic acids is 1. The number of likely N-dealkylation sites (tertiary alicyclic amines) is 1. The van der Waals surface area contributed by atoms with E-state index in [0.29, 0.717) is 19.0 Å². The fourth-order valence-corrected chi connectivity index (χ4v) is 2.99. The van der Waals surface area contributed by atoms with E-state index >= 15 is 0 Å². The number of hydrogen-bond donors (Lipinski definition) is 1. The topological polar surface area (TPSA) is 75.5 Å². The lowest BCUT2D eigenvalue weighted by atomic mass is 9.97. The number of piperidine rings is 1. The molecule has 1 aliphatic heterocycles. The molecule has 1 aliphatic rings. The maximum absolute atomic E-state index is 12.6. The van der Waals surface area contributed by atoms with Gasteiger partial charge in [0.05, 0.1) is 4.92 Å². The van der Waals surface area contributed by atoms with Crippen LogP contribution in [-0.4, -0.2) is 42.4 Å². The highest BCUT2D eigenvalue weighted by Gasteiger charge is 2.30. The van der Waals surface area contributed by atoms with Gasteiger partial charge in [0, 0.05) is 13.1 Å². The van der Waals surface area contributed by atoms with Gasteiger partial charge in [0.1, 0.15) is 10.6 Å². The molecular weight excluding hydrogens is 294 g/mol. The van der Waals surface area contributed by atoms with Crippen LogP contribution in [0.1, 0.15) is 23.2 Å². The monoisotopic (exact) mass is 311 g/mol. The Bertz CT molecular complexity index is 548. The number of nitro benzene ring substituents is 1. The Morgan fingerprint density at radius 1 is 1.57 bits per heavy atom. The fraction of sp³-hybridized carbons (Fsp3) is 0.500. The van der Waals surface area contributed by atoms with Crippen LogP contribution in [0.25, 0.3) is 0 Å². The van der Waals surface area contributed by atoms with E-state index in [1.807, 2.05) is 7.05 Å². The zero-order valence-electron chi connectivity index (χ0n) is 11.8. The molecule has 0 radical (unpaired) electrons. The van der Waals surface area contributed by atoms with E-state index in [1.165, 1.54) is 12.1 Å². The van der Waals surface area contributed by atoms with Crippen molar-refractivity contribution in [1.29, 1.82) is 0 Å².